The molecule has 0 saturated heterocycles. The van der Waals surface area contributed by atoms with E-state index in [-0.39, 0.29) is 20.8 Å². The molecule has 6 nitrogen and oxygen atoms in total. The fourth-order valence-electron chi connectivity index (χ4n) is 2.07. The van der Waals surface area contributed by atoms with Gasteiger partial charge in [-0.3, -0.25) is 9.40 Å². The van der Waals surface area contributed by atoms with Gasteiger partial charge >= 0.3 is 0 Å². The van der Waals surface area contributed by atoms with Crippen LogP contribution in [0.2, 0.25) is 10.2 Å². The molecule has 2 aromatic rings. The monoisotopic (exact) mass is 348 g/mol. The van der Waals surface area contributed by atoms with E-state index >= 15 is 0 Å². The first kappa shape index (κ1) is 16.1. The number of pyridine rings is 1. The quantitative estimate of drug-likeness (QED) is 0.861. The van der Waals surface area contributed by atoms with Crippen LogP contribution in [0.15, 0.2) is 17.2 Å². The van der Waals surface area contributed by atoms with Gasteiger partial charge < -0.3 is 0 Å². The number of rotatable bonds is 4. The zero-order valence-corrected chi connectivity index (χ0v) is 14.0. The number of anilines is 1. The number of aromatic nitrogens is 3. The summed E-state index contributed by atoms with van der Waals surface area (Å²) in [6, 6.07) is 1.41. The Morgan fingerprint density at radius 3 is 2.57 bits per heavy atom. The zero-order chi connectivity index (χ0) is 15.8. The molecule has 0 saturated carbocycles. The average Bonchev–Trinajstić information content (AvgIpc) is 2.68. The predicted molar refractivity (Wildman–Crippen MR) is 82.4 cm³/mol. The van der Waals surface area contributed by atoms with Crippen molar-refractivity contribution in [3.05, 3.63) is 33.8 Å². The summed E-state index contributed by atoms with van der Waals surface area (Å²) in [5.74, 6) is 0. The van der Waals surface area contributed by atoms with Crippen molar-refractivity contribution in [3.63, 3.8) is 0 Å². The largest absolute Gasteiger partial charge is 0.276 e. The molecule has 0 atom stereocenters. The summed E-state index contributed by atoms with van der Waals surface area (Å²) >= 11 is 11.7. The minimum Gasteiger partial charge on any atom is -0.276 e. The van der Waals surface area contributed by atoms with E-state index in [1.165, 1.54) is 12.3 Å². The molecule has 0 bridgehead atoms. The van der Waals surface area contributed by atoms with Gasteiger partial charge in [0.15, 0.2) is 5.15 Å². The molecule has 0 unspecified atom stereocenters. The molecule has 0 aromatic carbocycles. The topological polar surface area (TPSA) is 76.9 Å². The Bertz CT molecular complexity index is 787. The molecule has 0 spiro atoms. The Morgan fingerprint density at radius 2 is 2.00 bits per heavy atom. The Balaban J connectivity index is 2.48. The molecule has 0 amide bonds. The summed E-state index contributed by atoms with van der Waals surface area (Å²) in [6.07, 6.45) is 1.34. The second kappa shape index (κ2) is 5.82. The molecule has 0 aliphatic rings. The molecule has 9 heteroatoms. The van der Waals surface area contributed by atoms with Crippen LogP contribution in [-0.2, 0) is 16.6 Å². The van der Waals surface area contributed by atoms with Crippen molar-refractivity contribution in [3.8, 4) is 0 Å². The zero-order valence-electron chi connectivity index (χ0n) is 11.7. The molecule has 2 aromatic heterocycles. The van der Waals surface area contributed by atoms with Crippen LogP contribution in [0.5, 0.6) is 0 Å². The summed E-state index contributed by atoms with van der Waals surface area (Å²) in [6.45, 7) is 5.82. The third-order valence-corrected chi connectivity index (χ3v) is 5.06. The van der Waals surface area contributed by atoms with Crippen LogP contribution in [0.1, 0.15) is 18.3 Å². The van der Waals surface area contributed by atoms with Crippen molar-refractivity contribution in [2.24, 2.45) is 0 Å². The molecule has 114 valence electrons. The van der Waals surface area contributed by atoms with Gasteiger partial charge in [-0.25, -0.2) is 13.4 Å². The highest BCUT2D eigenvalue weighted by Gasteiger charge is 2.25. The van der Waals surface area contributed by atoms with Gasteiger partial charge in [0.25, 0.3) is 10.0 Å². The molecule has 21 heavy (non-hydrogen) atoms. The van der Waals surface area contributed by atoms with Crippen molar-refractivity contribution in [2.75, 3.05) is 4.72 Å². The van der Waals surface area contributed by atoms with E-state index in [2.05, 4.69) is 14.8 Å². The van der Waals surface area contributed by atoms with Crippen LogP contribution in [0, 0.1) is 13.8 Å². The van der Waals surface area contributed by atoms with Gasteiger partial charge in [-0.1, -0.05) is 23.2 Å². The van der Waals surface area contributed by atoms with Gasteiger partial charge in [-0.05, 0) is 26.8 Å². The van der Waals surface area contributed by atoms with Crippen LogP contribution in [0.3, 0.4) is 0 Å². The van der Waals surface area contributed by atoms with Crippen molar-refractivity contribution in [2.45, 2.75) is 32.2 Å². The number of halogens is 2. The van der Waals surface area contributed by atoms with Crippen molar-refractivity contribution in [1.82, 2.24) is 14.8 Å². The highest BCUT2D eigenvalue weighted by molar-refractivity contribution is 7.92. The lowest BCUT2D eigenvalue weighted by Gasteiger charge is -2.10. The Hall–Kier alpha value is -1.31. The Labute approximate surface area is 133 Å². The standard InChI is InChI=1S/C12H14Cl2N4O2S/c1-4-18-8(3)11(7(2)16-18)21(19,20)17-10-5-9(13)6-15-12(10)14/h5-6,17H,4H2,1-3H3. The SMILES string of the molecule is CCn1nc(C)c(S(=O)(=O)Nc2cc(Cl)cnc2Cl)c1C. The molecule has 0 radical (unpaired) electrons. The Morgan fingerprint density at radius 1 is 1.33 bits per heavy atom. The summed E-state index contributed by atoms with van der Waals surface area (Å²) in [7, 11) is -3.82. The van der Waals surface area contributed by atoms with Gasteiger partial charge in [0.1, 0.15) is 4.90 Å². The van der Waals surface area contributed by atoms with Crippen molar-refractivity contribution in [1.29, 1.82) is 0 Å². The van der Waals surface area contributed by atoms with Crippen LogP contribution >= 0.6 is 23.2 Å². The van der Waals surface area contributed by atoms with E-state index in [1.807, 2.05) is 6.92 Å². The van der Waals surface area contributed by atoms with Gasteiger partial charge in [-0.15, -0.1) is 0 Å². The second-order valence-corrected chi connectivity index (χ2v) is 6.83. The van der Waals surface area contributed by atoms with Crippen LogP contribution in [0.4, 0.5) is 5.69 Å². The minimum absolute atomic E-state index is 0.0289. The smallest absolute Gasteiger partial charge is 0.265 e. The maximum Gasteiger partial charge on any atom is 0.265 e. The predicted octanol–water partition coefficient (Wildman–Crippen LogP) is 3.02. The molecule has 0 aliphatic carbocycles. The number of nitrogens with zero attached hydrogens (tertiary/aromatic N) is 3. The highest BCUT2D eigenvalue weighted by atomic mass is 35.5. The van der Waals surface area contributed by atoms with Crippen molar-refractivity contribution < 1.29 is 8.42 Å². The number of nitrogens with one attached hydrogen (secondary N) is 1. The maximum atomic E-state index is 12.5. The van der Waals surface area contributed by atoms with Gasteiger partial charge in [0.2, 0.25) is 0 Å². The van der Waals surface area contributed by atoms with Gasteiger partial charge in [0.05, 0.1) is 22.1 Å². The third-order valence-electron chi connectivity index (χ3n) is 2.93. The van der Waals surface area contributed by atoms with Crippen LogP contribution < -0.4 is 4.72 Å². The number of hydrogen-bond donors (Lipinski definition) is 1. The van der Waals surface area contributed by atoms with Crippen LogP contribution in [0.25, 0.3) is 0 Å². The van der Waals surface area contributed by atoms with Crippen LogP contribution in [-0.4, -0.2) is 23.2 Å². The lowest BCUT2D eigenvalue weighted by atomic mass is 10.4. The fraction of sp³-hybridized carbons (Fsp3) is 0.333. The van der Waals surface area contributed by atoms with E-state index < -0.39 is 10.0 Å². The second-order valence-electron chi connectivity index (χ2n) is 4.41. The summed E-state index contributed by atoms with van der Waals surface area (Å²) in [5.41, 5.74) is 1.12. The first-order valence-corrected chi connectivity index (χ1v) is 8.38. The summed E-state index contributed by atoms with van der Waals surface area (Å²) < 4.78 is 29.1. The Kier molecular flexibility index (Phi) is 4.46. The number of aryl methyl sites for hydroxylation is 2. The first-order chi connectivity index (χ1) is 9.76. The third kappa shape index (κ3) is 3.14. The average molecular weight is 349 g/mol. The summed E-state index contributed by atoms with van der Waals surface area (Å²) in [5, 5.41) is 4.52. The van der Waals surface area contributed by atoms with E-state index in [9.17, 15) is 8.42 Å². The van der Waals surface area contributed by atoms with E-state index in [1.54, 1.807) is 18.5 Å². The van der Waals surface area contributed by atoms with Gasteiger partial charge in [-0.2, -0.15) is 5.10 Å². The molecular weight excluding hydrogens is 335 g/mol. The summed E-state index contributed by atoms with van der Waals surface area (Å²) in [4.78, 5) is 3.95. The van der Waals surface area contributed by atoms with Gasteiger partial charge in [0, 0.05) is 12.7 Å². The molecule has 0 fully saturated rings. The maximum absolute atomic E-state index is 12.5. The molecular formula is C12H14Cl2N4O2S. The minimum atomic E-state index is -3.82. The molecule has 0 aliphatic heterocycles. The highest BCUT2D eigenvalue weighted by Crippen LogP contribution is 2.27. The number of sulfonamides is 1. The fourth-order valence-corrected chi connectivity index (χ4v) is 3.90. The molecule has 2 rings (SSSR count). The normalized spacial score (nSPS) is 11.7. The number of hydrogen-bond acceptors (Lipinski definition) is 4. The molecule has 1 N–H and O–H groups in total. The van der Waals surface area contributed by atoms with E-state index in [4.69, 9.17) is 23.2 Å². The first-order valence-electron chi connectivity index (χ1n) is 6.14. The lowest BCUT2D eigenvalue weighted by molar-refractivity contribution is 0.598. The molecule has 2 heterocycles. The van der Waals surface area contributed by atoms with E-state index in [0.29, 0.717) is 17.9 Å². The lowest BCUT2D eigenvalue weighted by Crippen LogP contribution is -2.15. The van der Waals surface area contributed by atoms with E-state index in [0.717, 1.165) is 0 Å². The van der Waals surface area contributed by atoms with Crippen molar-refractivity contribution >= 4 is 38.9 Å².